The van der Waals surface area contributed by atoms with E-state index in [1.54, 1.807) is 0 Å². The molecule has 0 aliphatic carbocycles. The van der Waals surface area contributed by atoms with Crippen LogP contribution in [0.1, 0.15) is 170 Å². The summed E-state index contributed by atoms with van der Waals surface area (Å²) in [5, 5.41) is 0.385. The van der Waals surface area contributed by atoms with Gasteiger partial charge in [0.1, 0.15) is 6.29 Å². The van der Waals surface area contributed by atoms with Crippen LogP contribution in [-0.2, 0) is 47.9 Å². The smallest absolute Gasteiger partial charge is 0.116 e. The summed E-state index contributed by atoms with van der Waals surface area (Å²) < 4.78 is 0. The van der Waals surface area contributed by atoms with Crippen molar-refractivity contribution in [1.29, 1.82) is 0 Å². The third-order valence-corrected chi connectivity index (χ3v) is 14.2. The van der Waals surface area contributed by atoms with Crippen molar-refractivity contribution >= 4 is 18.9 Å². The predicted octanol–water partition coefficient (Wildman–Crippen LogP) is 16.8. The Morgan fingerprint density at radius 1 is 0.636 bits per heavy atom. The topological polar surface area (TPSA) is 20.3 Å². The zero-order valence-corrected chi connectivity index (χ0v) is 44.5. The highest BCUT2D eigenvalue weighted by atomic mass is 32.1. The SMILES string of the molecule is C=C(C)CC(CCCN(C)Cc1ccc(CC)cc1)CC(C)CCc1ccc(C(C)(C)c2ccc(CCC(S)CCc3ccc(C(C)(C)c4ccc(C)cc4)cc3)cc2)cc1.CC.CC=O. The Bertz CT molecular complexity index is 2090. The fourth-order valence-electron chi connectivity index (χ4n) is 9.20. The fourth-order valence-corrected chi connectivity index (χ4v) is 9.45. The summed E-state index contributed by atoms with van der Waals surface area (Å²) in [7, 11) is 2.27. The summed E-state index contributed by atoms with van der Waals surface area (Å²) in [4.78, 5) is 11.3. The van der Waals surface area contributed by atoms with Crippen LogP contribution < -0.4 is 0 Å². The third-order valence-electron chi connectivity index (χ3n) is 13.7. The Morgan fingerprint density at radius 3 is 1.39 bits per heavy atom. The van der Waals surface area contributed by atoms with E-state index in [1.165, 1.54) is 93.8 Å². The van der Waals surface area contributed by atoms with Crippen LogP contribution in [-0.4, -0.2) is 30.0 Å². The average molecular weight is 908 g/mol. The van der Waals surface area contributed by atoms with Crippen molar-refractivity contribution in [3.05, 3.63) is 189 Å². The molecule has 0 aliphatic rings. The molecule has 66 heavy (non-hydrogen) atoms. The lowest BCUT2D eigenvalue weighted by Gasteiger charge is -2.27. The van der Waals surface area contributed by atoms with Crippen LogP contribution in [0, 0.1) is 18.8 Å². The summed E-state index contributed by atoms with van der Waals surface area (Å²) in [6.07, 6.45) is 13.5. The number of benzene rings is 5. The van der Waals surface area contributed by atoms with Crippen molar-refractivity contribution < 1.29 is 4.79 Å². The molecule has 0 bridgehead atoms. The van der Waals surface area contributed by atoms with Crippen molar-refractivity contribution in [1.82, 2.24) is 4.90 Å². The average Bonchev–Trinajstić information content (AvgIpc) is 3.31. The number of thiol groups is 1. The number of hydrogen-bond acceptors (Lipinski definition) is 3. The van der Waals surface area contributed by atoms with Gasteiger partial charge in [0.15, 0.2) is 0 Å². The van der Waals surface area contributed by atoms with E-state index in [9.17, 15) is 0 Å². The zero-order valence-electron chi connectivity index (χ0n) is 43.6. The van der Waals surface area contributed by atoms with Gasteiger partial charge in [0, 0.05) is 22.6 Å². The first-order chi connectivity index (χ1) is 31.5. The molecule has 0 heterocycles. The van der Waals surface area contributed by atoms with Crippen molar-refractivity contribution in [3.63, 3.8) is 0 Å². The van der Waals surface area contributed by atoms with Crippen molar-refractivity contribution in [2.24, 2.45) is 11.8 Å². The molecule has 0 amide bonds. The number of carbonyl (C=O) groups is 1. The minimum absolute atomic E-state index is 0.0107. The summed E-state index contributed by atoms with van der Waals surface area (Å²) in [5.74, 6) is 1.42. The number of rotatable bonds is 24. The van der Waals surface area contributed by atoms with Gasteiger partial charge >= 0.3 is 0 Å². The number of aryl methyl sites for hydroxylation is 5. The molecule has 5 aromatic rings. The third kappa shape index (κ3) is 18.8. The lowest BCUT2D eigenvalue weighted by molar-refractivity contribution is -0.106. The maximum atomic E-state index is 8.81. The Morgan fingerprint density at radius 2 is 1.00 bits per heavy atom. The van der Waals surface area contributed by atoms with Crippen LogP contribution in [0.4, 0.5) is 0 Å². The molecule has 0 spiro atoms. The lowest BCUT2D eigenvalue weighted by Crippen LogP contribution is -2.20. The van der Waals surface area contributed by atoms with Gasteiger partial charge in [0.25, 0.3) is 0 Å². The molecule has 5 rings (SSSR count). The fraction of sp³-hybridized carbons (Fsp3) is 0.476. The lowest BCUT2D eigenvalue weighted by atomic mass is 9.77. The Kier molecular flexibility index (Phi) is 24.6. The molecule has 358 valence electrons. The van der Waals surface area contributed by atoms with Gasteiger partial charge in [-0.15, -0.1) is 6.58 Å². The normalized spacial score (nSPS) is 12.9. The zero-order chi connectivity index (χ0) is 48.7. The second-order valence-electron chi connectivity index (χ2n) is 20.1. The number of carbonyl (C=O) groups excluding carboxylic acids is 1. The molecule has 0 saturated heterocycles. The van der Waals surface area contributed by atoms with Crippen LogP contribution >= 0.6 is 12.6 Å². The van der Waals surface area contributed by atoms with Gasteiger partial charge in [-0.25, -0.2) is 0 Å². The molecule has 0 fully saturated rings. The first-order valence-electron chi connectivity index (χ1n) is 25.4. The van der Waals surface area contributed by atoms with Crippen molar-refractivity contribution in [3.8, 4) is 0 Å². The monoisotopic (exact) mass is 908 g/mol. The van der Waals surface area contributed by atoms with Crippen molar-refractivity contribution in [2.75, 3.05) is 13.6 Å². The highest BCUT2D eigenvalue weighted by Crippen LogP contribution is 2.34. The minimum Gasteiger partial charge on any atom is -0.304 e. The van der Waals surface area contributed by atoms with E-state index < -0.39 is 0 Å². The summed E-state index contributed by atoms with van der Waals surface area (Å²) in [5.41, 5.74) is 15.1. The second kappa shape index (κ2) is 28.9. The largest absolute Gasteiger partial charge is 0.304 e. The van der Waals surface area contributed by atoms with Gasteiger partial charge in [-0.2, -0.15) is 12.6 Å². The van der Waals surface area contributed by atoms with E-state index >= 15 is 0 Å². The molecular formula is C63H89NOS. The van der Waals surface area contributed by atoms with Crippen molar-refractivity contribution in [2.45, 2.75) is 169 Å². The molecule has 5 aromatic carbocycles. The van der Waals surface area contributed by atoms with Gasteiger partial charge in [-0.05, 0) is 167 Å². The number of aldehydes is 1. The predicted molar refractivity (Wildman–Crippen MR) is 294 cm³/mol. The van der Waals surface area contributed by atoms with Crippen LogP contribution in [0.15, 0.2) is 133 Å². The molecule has 0 N–H and O–H groups in total. The highest BCUT2D eigenvalue weighted by molar-refractivity contribution is 7.80. The van der Waals surface area contributed by atoms with E-state index in [2.05, 4.69) is 195 Å². The first-order valence-corrected chi connectivity index (χ1v) is 25.9. The molecule has 2 nitrogen and oxygen atoms in total. The summed E-state index contributed by atoms with van der Waals surface area (Å²) in [6, 6.07) is 46.3. The number of nitrogens with zero attached hydrogens (tertiary/aromatic N) is 1. The van der Waals surface area contributed by atoms with Crippen LogP contribution in [0.5, 0.6) is 0 Å². The molecule has 0 aliphatic heterocycles. The van der Waals surface area contributed by atoms with E-state index in [0.717, 1.165) is 70.2 Å². The second-order valence-corrected chi connectivity index (χ2v) is 20.9. The van der Waals surface area contributed by atoms with Crippen LogP contribution in [0.25, 0.3) is 0 Å². The standard InChI is InChI=1S/C59H79NS.C2H4O.C2H6/c1-11-47-18-20-51(21-19-47)43-60(10)40-12-13-52(41-44(2)3)42-46(5)14-17-48-22-32-55(33-23-48)59(8,9)56-36-26-50(27-37-56)29-39-57(61)38-28-49-24-34-54(35-25-49)58(6,7)53-30-15-45(4)16-31-53;1-2-3;1-2/h15-16,18-27,30-37,46,52,57,61H,2,11-14,17,28-29,38-43H2,1,3-10H3;2H,1H3;1-2H3. The minimum atomic E-state index is -0.0507. The van der Waals surface area contributed by atoms with Gasteiger partial charge < -0.3 is 9.69 Å². The summed E-state index contributed by atoms with van der Waals surface area (Å²) in [6.45, 7) is 30.3. The first kappa shape index (κ1) is 56.1. The van der Waals surface area contributed by atoms with E-state index in [-0.39, 0.29) is 10.8 Å². The maximum Gasteiger partial charge on any atom is 0.116 e. The molecule has 3 atom stereocenters. The van der Waals surface area contributed by atoms with Gasteiger partial charge in [-0.1, -0.05) is 188 Å². The molecule has 0 aromatic heterocycles. The molecule has 0 saturated carbocycles. The Labute approximate surface area is 410 Å². The summed E-state index contributed by atoms with van der Waals surface area (Å²) >= 11 is 5.02. The molecule has 3 unspecified atom stereocenters. The Hall–Kier alpha value is -4.18. The highest BCUT2D eigenvalue weighted by Gasteiger charge is 2.24. The molecule has 0 radical (unpaired) electrons. The number of allylic oxidation sites excluding steroid dienone is 1. The quantitative estimate of drug-likeness (QED) is 0.0378. The van der Waals surface area contributed by atoms with Gasteiger partial charge in [0.05, 0.1) is 0 Å². The van der Waals surface area contributed by atoms with Crippen LogP contribution in [0.3, 0.4) is 0 Å². The van der Waals surface area contributed by atoms with Crippen LogP contribution in [0.2, 0.25) is 0 Å². The van der Waals surface area contributed by atoms with Gasteiger partial charge in [0.2, 0.25) is 0 Å². The molecular weight excluding hydrogens is 819 g/mol. The molecule has 3 heteroatoms. The van der Waals surface area contributed by atoms with E-state index in [0.29, 0.717) is 11.2 Å². The van der Waals surface area contributed by atoms with E-state index in [1.807, 2.05) is 13.8 Å². The van der Waals surface area contributed by atoms with Gasteiger partial charge in [-0.3, -0.25) is 0 Å². The Balaban J connectivity index is 0.00000222. The number of hydrogen-bond donors (Lipinski definition) is 1. The van der Waals surface area contributed by atoms with E-state index in [4.69, 9.17) is 17.4 Å². The maximum absolute atomic E-state index is 8.81.